The minimum Gasteiger partial charge on any atom is -0.349 e. The fraction of sp³-hybridized carbons (Fsp3) is 0.567. The highest BCUT2D eigenvalue weighted by atomic mass is 19.1. The number of carbonyl (C=O) groups is 3. The molecule has 1 aliphatic rings. The van der Waals surface area contributed by atoms with Crippen molar-refractivity contribution in [3.63, 3.8) is 0 Å². The van der Waals surface area contributed by atoms with Crippen LogP contribution < -0.4 is 10.2 Å². The first-order chi connectivity index (χ1) is 18.1. The number of hydrogen-bond acceptors (Lipinski definition) is 5. The topological polar surface area (TPSA) is 92.3 Å². The molecule has 38 heavy (non-hydrogen) atoms. The van der Waals surface area contributed by atoms with Crippen LogP contribution in [0.4, 0.5) is 10.2 Å². The average Bonchev–Trinajstić information content (AvgIpc) is 2.87. The highest BCUT2D eigenvalue weighted by Crippen LogP contribution is 2.26. The number of nitrogens with zero attached hydrogens (tertiary/aromatic N) is 3. The number of pyridine rings is 2. The van der Waals surface area contributed by atoms with Crippen LogP contribution >= 0.6 is 0 Å². The highest BCUT2D eigenvalue weighted by Gasteiger charge is 2.26. The van der Waals surface area contributed by atoms with Gasteiger partial charge >= 0.3 is 0 Å². The van der Waals surface area contributed by atoms with Gasteiger partial charge in [-0.3, -0.25) is 24.3 Å². The van der Waals surface area contributed by atoms with Gasteiger partial charge in [-0.25, -0.2) is 9.37 Å². The summed E-state index contributed by atoms with van der Waals surface area (Å²) in [6.07, 6.45) is 10.8. The molecular weight excluding hydrogens is 483 g/mol. The van der Waals surface area contributed by atoms with Gasteiger partial charge in [-0.05, 0) is 76.5 Å². The van der Waals surface area contributed by atoms with E-state index < -0.39 is 5.82 Å². The lowest BCUT2D eigenvalue weighted by molar-refractivity contribution is -0.117. The molecule has 1 N–H and O–H groups in total. The van der Waals surface area contributed by atoms with Crippen LogP contribution in [0.5, 0.6) is 0 Å². The van der Waals surface area contributed by atoms with Crippen molar-refractivity contribution in [2.24, 2.45) is 5.92 Å². The summed E-state index contributed by atoms with van der Waals surface area (Å²) >= 11 is 0. The summed E-state index contributed by atoms with van der Waals surface area (Å²) < 4.78 is 13.4. The predicted octanol–water partition coefficient (Wildman–Crippen LogP) is 6.44. The first-order valence-corrected chi connectivity index (χ1v) is 13.8. The largest absolute Gasteiger partial charge is 0.349 e. The maximum absolute atomic E-state index is 13.4. The lowest BCUT2D eigenvalue weighted by Crippen LogP contribution is -2.40. The van der Waals surface area contributed by atoms with E-state index in [1.807, 2.05) is 32.9 Å². The third kappa shape index (κ3) is 9.30. The Balaban J connectivity index is 0.000000272. The van der Waals surface area contributed by atoms with Gasteiger partial charge in [0.25, 0.3) is 5.91 Å². The summed E-state index contributed by atoms with van der Waals surface area (Å²) in [6.45, 7) is 11.1. The Morgan fingerprint density at radius 3 is 2.16 bits per heavy atom. The monoisotopic (exact) mass is 526 g/mol. The van der Waals surface area contributed by atoms with Crippen LogP contribution in [-0.2, 0) is 4.79 Å². The molecule has 1 fully saturated rings. The van der Waals surface area contributed by atoms with Gasteiger partial charge in [-0.2, -0.15) is 0 Å². The molecule has 2 amide bonds. The van der Waals surface area contributed by atoms with Gasteiger partial charge in [0, 0.05) is 30.9 Å². The lowest BCUT2D eigenvalue weighted by Gasteiger charge is -2.31. The molecule has 3 rings (SSSR count). The second-order valence-electron chi connectivity index (χ2n) is 10.3. The molecule has 0 radical (unpaired) electrons. The summed E-state index contributed by atoms with van der Waals surface area (Å²) in [7, 11) is 0. The van der Waals surface area contributed by atoms with Crippen molar-refractivity contribution >= 4 is 23.4 Å². The Hall–Kier alpha value is -3.16. The van der Waals surface area contributed by atoms with Crippen LogP contribution in [0.15, 0.2) is 30.6 Å². The number of rotatable bonds is 9. The van der Waals surface area contributed by atoms with E-state index in [1.165, 1.54) is 26.7 Å². The van der Waals surface area contributed by atoms with E-state index in [-0.39, 0.29) is 35.0 Å². The van der Waals surface area contributed by atoms with Crippen molar-refractivity contribution < 1.29 is 18.8 Å². The summed E-state index contributed by atoms with van der Waals surface area (Å²) in [4.78, 5) is 45.5. The fourth-order valence-corrected chi connectivity index (χ4v) is 4.81. The third-order valence-electron chi connectivity index (χ3n) is 6.91. The van der Waals surface area contributed by atoms with Crippen molar-refractivity contribution in [1.82, 2.24) is 15.3 Å². The van der Waals surface area contributed by atoms with E-state index in [4.69, 9.17) is 0 Å². The molecule has 2 heterocycles. The molecule has 1 saturated carbocycles. The van der Waals surface area contributed by atoms with Crippen LogP contribution in [0.25, 0.3) is 0 Å². The number of ketones is 1. The second kappa shape index (κ2) is 15.3. The maximum atomic E-state index is 13.4. The van der Waals surface area contributed by atoms with Crippen molar-refractivity contribution in [3.8, 4) is 0 Å². The van der Waals surface area contributed by atoms with Gasteiger partial charge in [0.15, 0.2) is 5.78 Å². The van der Waals surface area contributed by atoms with Crippen molar-refractivity contribution in [3.05, 3.63) is 53.2 Å². The van der Waals surface area contributed by atoms with Gasteiger partial charge < -0.3 is 5.32 Å². The number of amides is 2. The summed E-state index contributed by atoms with van der Waals surface area (Å²) in [6, 6.07) is 5.19. The van der Waals surface area contributed by atoms with Gasteiger partial charge in [0.1, 0.15) is 11.6 Å². The molecule has 8 heteroatoms. The first-order valence-electron chi connectivity index (χ1n) is 13.8. The number of aryl methyl sites for hydroxylation is 1. The van der Waals surface area contributed by atoms with E-state index in [2.05, 4.69) is 22.2 Å². The summed E-state index contributed by atoms with van der Waals surface area (Å²) in [5, 5.41) is 3.10. The maximum Gasteiger partial charge on any atom is 0.253 e. The number of halogens is 1. The standard InChI is InChI=1S/C16H23FN2O2.C14H20N2O/c1-5-7-14(8-6-2)19(12(4)21)16-15(11(3)20)9-13(17)10-18-16;1-10-3-7-13(8-4-10)16-14(17)12-6-5-11(2)15-9-12/h9-10,14H,5-8H2,1-4H3;5-6,9-10,13H,3-4,7-8H2,1-2H3,(H,16,17). The number of anilines is 1. The van der Waals surface area contributed by atoms with Crippen LogP contribution in [0, 0.1) is 18.7 Å². The number of nitrogens with one attached hydrogen (secondary N) is 1. The van der Waals surface area contributed by atoms with Gasteiger partial charge in [-0.15, -0.1) is 0 Å². The molecule has 0 saturated heterocycles. The highest BCUT2D eigenvalue weighted by molar-refractivity contribution is 6.03. The number of Topliss-reactive ketones (excluding diaryl/α,β-unsaturated/α-hetero) is 1. The van der Waals surface area contributed by atoms with E-state index in [0.29, 0.717) is 11.6 Å². The molecule has 2 aromatic rings. The molecular formula is C30H43FN4O3. The predicted molar refractivity (Wildman–Crippen MR) is 149 cm³/mol. The number of aromatic nitrogens is 2. The molecule has 208 valence electrons. The zero-order valence-electron chi connectivity index (χ0n) is 23.7. The zero-order chi connectivity index (χ0) is 28.2. The van der Waals surface area contributed by atoms with Gasteiger partial charge in [0.2, 0.25) is 5.91 Å². The summed E-state index contributed by atoms with van der Waals surface area (Å²) in [5.41, 5.74) is 1.75. The molecule has 1 aliphatic carbocycles. The lowest BCUT2D eigenvalue weighted by atomic mass is 9.87. The average molecular weight is 527 g/mol. The van der Waals surface area contributed by atoms with Gasteiger partial charge in [0.05, 0.1) is 17.3 Å². The number of hydrogen-bond donors (Lipinski definition) is 1. The van der Waals surface area contributed by atoms with Crippen LogP contribution in [0.3, 0.4) is 0 Å². The third-order valence-corrected chi connectivity index (χ3v) is 6.91. The quantitative estimate of drug-likeness (QED) is 0.380. The molecule has 0 atom stereocenters. The number of carbonyl (C=O) groups excluding carboxylic acids is 3. The van der Waals surface area contributed by atoms with Crippen LogP contribution in [0.1, 0.15) is 112 Å². The second-order valence-corrected chi connectivity index (χ2v) is 10.3. The van der Waals surface area contributed by atoms with E-state index in [1.54, 1.807) is 11.1 Å². The normalized spacial score (nSPS) is 16.8. The Labute approximate surface area is 226 Å². The van der Waals surface area contributed by atoms with Crippen molar-refractivity contribution in [2.45, 2.75) is 105 Å². The van der Waals surface area contributed by atoms with Crippen molar-refractivity contribution in [2.75, 3.05) is 4.90 Å². The fourth-order valence-electron chi connectivity index (χ4n) is 4.81. The van der Waals surface area contributed by atoms with E-state index in [9.17, 15) is 18.8 Å². The molecule has 7 nitrogen and oxygen atoms in total. The zero-order valence-corrected chi connectivity index (χ0v) is 23.7. The molecule has 0 spiro atoms. The molecule has 0 aliphatic heterocycles. The molecule has 0 aromatic carbocycles. The Kier molecular flexibility index (Phi) is 12.5. The summed E-state index contributed by atoms with van der Waals surface area (Å²) in [5.74, 6) is 0.0398. The van der Waals surface area contributed by atoms with E-state index in [0.717, 1.165) is 62.4 Å². The minimum atomic E-state index is -0.574. The molecule has 0 bridgehead atoms. The van der Waals surface area contributed by atoms with Crippen molar-refractivity contribution in [1.29, 1.82) is 0 Å². The Morgan fingerprint density at radius 1 is 1.03 bits per heavy atom. The molecule has 0 unspecified atom stereocenters. The van der Waals surface area contributed by atoms with Gasteiger partial charge in [-0.1, -0.05) is 33.6 Å². The minimum absolute atomic E-state index is 0.0112. The SMILES string of the molecule is CCCC(CCC)N(C(C)=O)c1ncc(F)cc1C(C)=O.Cc1ccc(C(=O)NC2CCC(C)CC2)cn1. The smallest absolute Gasteiger partial charge is 0.253 e. The van der Waals surface area contributed by atoms with Crippen LogP contribution in [-0.4, -0.2) is 39.6 Å². The molecule has 2 aromatic heterocycles. The van der Waals surface area contributed by atoms with Crippen LogP contribution in [0.2, 0.25) is 0 Å². The first kappa shape index (κ1) is 31.1. The van der Waals surface area contributed by atoms with E-state index >= 15 is 0 Å². The Bertz CT molecular complexity index is 1060. The Morgan fingerprint density at radius 2 is 1.66 bits per heavy atom.